The van der Waals surface area contributed by atoms with Crippen molar-refractivity contribution < 1.29 is 18.6 Å². The molecule has 0 unspecified atom stereocenters. The highest BCUT2D eigenvalue weighted by Gasteiger charge is 2.27. The second-order valence-electron chi connectivity index (χ2n) is 8.38. The maximum absolute atomic E-state index is 12.9. The van der Waals surface area contributed by atoms with Crippen LogP contribution < -0.4 is 20.8 Å². The third kappa shape index (κ3) is 4.50. The molecule has 5 rings (SSSR count). The first-order valence-electron chi connectivity index (χ1n) is 11.2. The number of ether oxygens (including phenoxy) is 3. The zero-order chi connectivity index (χ0) is 24.5. The predicted octanol–water partition coefficient (Wildman–Crippen LogP) is 4.60. The number of rotatable bonds is 6. The van der Waals surface area contributed by atoms with E-state index in [4.69, 9.17) is 36.0 Å². The molecule has 0 saturated carbocycles. The van der Waals surface area contributed by atoms with Gasteiger partial charge in [0.1, 0.15) is 17.2 Å². The van der Waals surface area contributed by atoms with Crippen LogP contribution >= 0.6 is 11.6 Å². The first-order chi connectivity index (χ1) is 17.0. The lowest BCUT2D eigenvalue weighted by atomic mass is 9.96. The maximum Gasteiger partial charge on any atom is 0.220 e. The number of aromatic nitrogens is 2. The Morgan fingerprint density at radius 2 is 1.91 bits per heavy atom. The van der Waals surface area contributed by atoms with Crippen molar-refractivity contribution in [3.63, 3.8) is 0 Å². The molecule has 4 heterocycles. The van der Waals surface area contributed by atoms with E-state index in [1.807, 2.05) is 12.1 Å². The number of piperidine rings is 1. The number of anilines is 2. The molecule has 1 aliphatic rings. The highest BCUT2D eigenvalue weighted by Crippen LogP contribution is 2.32. The zero-order valence-electron chi connectivity index (χ0n) is 19.4. The first-order valence-corrected chi connectivity index (χ1v) is 11.6. The number of nitrogens with zero attached hydrogens (tertiary/aromatic N) is 3. The molecule has 1 aliphatic heterocycles. The number of nitrogen functional groups attached to an aromatic ring is 1. The summed E-state index contributed by atoms with van der Waals surface area (Å²) in [4.78, 5) is 23.9. The van der Waals surface area contributed by atoms with Crippen molar-refractivity contribution in [3.05, 3.63) is 57.8 Å². The average Bonchev–Trinajstić information content (AvgIpc) is 2.87. The summed E-state index contributed by atoms with van der Waals surface area (Å²) >= 11 is 6.18. The van der Waals surface area contributed by atoms with Gasteiger partial charge in [-0.05, 0) is 37.1 Å². The van der Waals surface area contributed by atoms with E-state index < -0.39 is 0 Å². The molecule has 35 heavy (non-hydrogen) atoms. The van der Waals surface area contributed by atoms with E-state index in [0.717, 1.165) is 31.7 Å². The van der Waals surface area contributed by atoms with Gasteiger partial charge in [0.05, 0.1) is 16.6 Å². The van der Waals surface area contributed by atoms with Crippen LogP contribution in [-0.2, 0) is 9.47 Å². The largest absolute Gasteiger partial charge is 0.454 e. The molecule has 0 aliphatic carbocycles. The van der Waals surface area contributed by atoms with Crippen molar-refractivity contribution in [2.75, 3.05) is 37.9 Å². The Morgan fingerprint density at radius 3 is 2.60 bits per heavy atom. The fourth-order valence-corrected chi connectivity index (χ4v) is 4.74. The summed E-state index contributed by atoms with van der Waals surface area (Å²) < 4.78 is 22.6. The number of nitrogens with two attached hydrogens (primary N) is 1. The Labute approximate surface area is 206 Å². The van der Waals surface area contributed by atoms with Crippen LogP contribution in [0.1, 0.15) is 12.8 Å². The monoisotopic (exact) mass is 496 g/mol. The van der Waals surface area contributed by atoms with Gasteiger partial charge in [-0.2, -0.15) is 0 Å². The second kappa shape index (κ2) is 9.69. The Kier molecular flexibility index (Phi) is 6.46. The molecule has 1 fully saturated rings. The van der Waals surface area contributed by atoms with Crippen molar-refractivity contribution in [3.8, 4) is 11.5 Å². The SMILES string of the molecule is COC(OC)C1CCN(c2ccc(Oc3cc4oc5cccc(Cl)c5c(=O)c4nc3N)cn2)CC1. The van der Waals surface area contributed by atoms with Crippen LogP contribution in [0, 0.1) is 5.92 Å². The summed E-state index contributed by atoms with van der Waals surface area (Å²) in [6, 6.07) is 10.3. The van der Waals surface area contributed by atoms with E-state index in [0.29, 0.717) is 22.3 Å². The van der Waals surface area contributed by atoms with Crippen LogP contribution in [0.5, 0.6) is 11.5 Å². The number of benzene rings is 1. The summed E-state index contributed by atoms with van der Waals surface area (Å²) in [5.74, 6) is 2.04. The first kappa shape index (κ1) is 23.3. The van der Waals surface area contributed by atoms with Gasteiger partial charge < -0.3 is 29.3 Å². The van der Waals surface area contributed by atoms with E-state index in [-0.39, 0.29) is 39.8 Å². The summed E-state index contributed by atoms with van der Waals surface area (Å²) in [5.41, 5.74) is 6.46. The quantitative estimate of drug-likeness (QED) is 0.302. The van der Waals surface area contributed by atoms with Crippen LogP contribution in [0.4, 0.5) is 11.6 Å². The van der Waals surface area contributed by atoms with Gasteiger partial charge in [-0.15, -0.1) is 0 Å². The molecule has 9 nitrogen and oxygen atoms in total. The molecule has 0 amide bonds. The Hall–Kier alpha value is -3.40. The molecule has 0 radical (unpaired) electrons. The van der Waals surface area contributed by atoms with E-state index in [1.54, 1.807) is 44.7 Å². The lowest BCUT2D eigenvalue weighted by Gasteiger charge is -2.35. The molecule has 10 heteroatoms. The Morgan fingerprint density at radius 1 is 1.14 bits per heavy atom. The molecule has 2 N–H and O–H groups in total. The van der Waals surface area contributed by atoms with Crippen LogP contribution in [0.15, 0.2) is 51.8 Å². The predicted molar refractivity (Wildman–Crippen MR) is 134 cm³/mol. The minimum absolute atomic E-state index is 0.0631. The lowest BCUT2D eigenvalue weighted by Crippen LogP contribution is -2.39. The molecule has 3 aromatic heterocycles. The van der Waals surface area contributed by atoms with Crippen molar-refractivity contribution >= 4 is 45.3 Å². The minimum Gasteiger partial charge on any atom is -0.454 e. The van der Waals surface area contributed by atoms with Crippen LogP contribution in [0.3, 0.4) is 0 Å². The summed E-state index contributed by atoms with van der Waals surface area (Å²) in [7, 11) is 3.34. The maximum atomic E-state index is 12.9. The van der Waals surface area contributed by atoms with E-state index >= 15 is 0 Å². The highest BCUT2D eigenvalue weighted by atomic mass is 35.5. The summed E-state index contributed by atoms with van der Waals surface area (Å²) in [6.45, 7) is 1.72. The van der Waals surface area contributed by atoms with Crippen LogP contribution in [0.2, 0.25) is 5.02 Å². The number of methoxy groups -OCH3 is 2. The van der Waals surface area contributed by atoms with Crippen LogP contribution in [-0.4, -0.2) is 43.6 Å². The molecule has 182 valence electrons. The number of fused-ring (bicyclic) bond motifs is 2. The van der Waals surface area contributed by atoms with Gasteiger partial charge in [0.25, 0.3) is 0 Å². The number of halogens is 1. The average molecular weight is 497 g/mol. The Bertz CT molecular complexity index is 1410. The third-order valence-corrected chi connectivity index (χ3v) is 6.59. The smallest absolute Gasteiger partial charge is 0.220 e. The van der Waals surface area contributed by atoms with Crippen molar-refractivity contribution in [2.45, 2.75) is 19.1 Å². The molecule has 0 spiro atoms. The number of hydrogen-bond donors (Lipinski definition) is 1. The normalized spacial score (nSPS) is 14.8. The number of hydrogen-bond acceptors (Lipinski definition) is 9. The standard InChI is InChI=1S/C25H25ClN4O5/c1-32-25(33-2)14-8-10-30(11-9-14)20-7-6-15(13-28-20)34-19-12-18-22(29-24(19)27)23(31)21-16(26)4-3-5-17(21)35-18/h3-7,12-14,25H,8-11H2,1-2H3,(H2,27,29). The van der Waals surface area contributed by atoms with Crippen molar-refractivity contribution in [1.29, 1.82) is 0 Å². The van der Waals surface area contributed by atoms with E-state index in [1.165, 1.54) is 0 Å². The summed E-state index contributed by atoms with van der Waals surface area (Å²) in [6.07, 6.45) is 3.36. The highest BCUT2D eigenvalue weighted by molar-refractivity contribution is 6.35. The van der Waals surface area contributed by atoms with Crippen LogP contribution in [0.25, 0.3) is 22.1 Å². The van der Waals surface area contributed by atoms with Gasteiger partial charge in [-0.3, -0.25) is 4.79 Å². The molecule has 4 aromatic rings. The topological polar surface area (TPSA) is 113 Å². The zero-order valence-corrected chi connectivity index (χ0v) is 20.1. The van der Waals surface area contributed by atoms with Crippen molar-refractivity contribution in [1.82, 2.24) is 9.97 Å². The molecule has 0 atom stereocenters. The fraction of sp³-hybridized carbons (Fsp3) is 0.320. The molecular weight excluding hydrogens is 472 g/mol. The fourth-order valence-electron chi connectivity index (χ4n) is 4.49. The van der Waals surface area contributed by atoms with Gasteiger partial charge in [0.15, 0.2) is 29.0 Å². The van der Waals surface area contributed by atoms with E-state index in [9.17, 15) is 4.79 Å². The van der Waals surface area contributed by atoms with Crippen molar-refractivity contribution in [2.24, 2.45) is 5.92 Å². The minimum atomic E-state index is -0.345. The molecule has 1 saturated heterocycles. The Balaban J connectivity index is 1.34. The molecular formula is C25H25ClN4O5. The van der Waals surface area contributed by atoms with Gasteiger partial charge in [-0.1, -0.05) is 17.7 Å². The van der Waals surface area contributed by atoms with Gasteiger partial charge in [0.2, 0.25) is 5.43 Å². The van der Waals surface area contributed by atoms with Gasteiger partial charge >= 0.3 is 0 Å². The summed E-state index contributed by atoms with van der Waals surface area (Å²) in [5, 5.41) is 0.567. The third-order valence-electron chi connectivity index (χ3n) is 6.28. The number of pyridine rings is 2. The molecule has 1 aromatic carbocycles. The molecule has 0 bridgehead atoms. The van der Waals surface area contributed by atoms with Gasteiger partial charge in [-0.25, -0.2) is 9.97 Å². The second-order valence-corrected chi connectivity index (χ2v) is 8.79. The van der Waals surface area contributed by atoms with Gasteiger partial charge in [0, 0.05) is 39.3 Å². The van der Waals surface area contributed by atoms with E-state index in [2.05, 4.69) is 14.9 Å². The lowest BCUT2D eigenvalue weighted by molar-refractivity contribution is -0.141.